The van der Waals surface area contributed by atoms with Crippen LogP contribution in [0.4, 0.5) is 0 Å². The molecule has 1 aliphatic rings. The third kappa shape index (κ3) is 2.14. The number of allylic oxidation sites excluding steroid dienone is 5. The van der Waals surface area contributed by atoms with Crippen molar-refractivity contribution in [3.8, 4) is 0 Å². The van der Waals surface area contributed by atoms with Crippen molar-refractivity contribution in [1.29, 1.82) is 0 Å². The van der Waals surface area contributed by atoms with E-state index in [9.17, 15) is 0 Å². The Hall–Kier alpha value is -0.790. The number of alkyl halides is 1. The van der Waals surface area contributed by atoms with Gasteiger partial charge in [-0.05, 0) is 56.9 Å². The molecule has 0 aromatic carbocycles. The van der Waals surface area contributed by atoms with Crippen molar-refractivity contribution in [2.45, 2.75) is 45.5 Å². The molecular formula is C15H22ClN. The molecule has 2 heteroatoms. The molecule has 0 aromatic heterocycles. The van der Waals surface area contributed by atoms with Crippen LogP contribution in [0, 0.1) is 0 Å². The molecule has 0 heterocycles. The molecule has 0 spiro atoms. The summed E-state index contributed by atoms with van der Waals surface area (Å²) in [5, 5.41) is 0. The van der Waals surface area contributed by atoms with Gasteiger partial charge in [0.15, 0.2) is 0 Å². The van der Waals surface area contributed by atoms with E-state index in [-0.39, 0.29) is 6.04 Å². The first kappa shape index (κ1) is 14.3. The molecule has 2 N–H and O–H groups in total. The second-order valence-electron chi connectivity index (χ2n) is 4.40. The molecule has 0 bridgehead atoms. The molecule has 0 aliphatic heterocycles. The highest BCUT2D eigenvalue weighted by Crippen LogP contribution is 2.46. The molecule has 2 unspecified atom stereocenters. The van der Waals surface area contributed by atoms with Gasteiger partial charge >= 0.3 is 0 Å². The summed E-state index contributed by atoms with van der Waals surface area (Å²) in [6.45, 7) is 10.1. The van der Waals surface area contributed by atoms with Crippen LogP contribution in [0.1, 0.15) is 34.6 Å². The topological polar surface area (TPSA) is 26.0 Å². The van der Waals surface area contributed by atoms with Crippen LogP contribution < -0.4 is 5.73 Å². The van der Waals surface area contributed by atoms with Crippen molar-refractivity contribution >= 4 is 11.6 Å². The zero-order valence-corrected chi connectivity index (χ0v) is 12.1. The quantitative estimate of drug-likeness (QED) is 0.645. The molecule has 2 atom stereocenters. The average molecular weight is 252 g/mol. The maximum absolute atomic E-state index is 6.66. The molecule has 0 saturated heterocycles. The first-order valence-electron chi connectivity index (χ1n) is 6.06. The van der Waals surface area contributed by atoms with Gasteiger partial charge in [-0.25, -0.2) is 0 Å². The summed E-state index contributed by atoms with van der Waals surface area (Å²) in [5.41, 5.74) is 11.0. The predicted octanol–water partition coefficient (Wildman–Crippen LogP) is 4.11. The Morgan fingerprint density at radius 3 is 1.88 bits per heavy atom. The molecule has 1 rings (SSSR count). The lowest BCUT2D eigenvalue weighted by Crippen LogP contribution is -2.48. The molecule has 0 amide bonds. The van der Waals surface area contributed by atoms with Crippen molar-refractivity contribution in [2.24, 2.45) is 5.73 Å². The minimum atomic E-state index is -0.537. The van der Waals surface area contributed by atoms with Gasteiger partial charge in [0.2, 0.25) is 0 Å². The molecular weight excluding hydrogens is 230 g/mol. The molecule has 1 aliphatic carbocycles. The van der Waals surface area contributed by atoms with Crippen molar-refractivity contribution in [3.05, 3.63) is 46.6 Å². The number of hydrogen-bond donors (Lipinski definition) is 1. The zero-order valence-electron chi connectivity index (χ0n) is 11.3. The van der Waals surface area contributed by atoms with Gasteiger partial charge < -0.3 is 5.73 Å². The van der Waals surface area contributed by atoms with Gasteiger partial charge in [-0.15, -0.1) is 11.6 Å². The zero-order chi connectivity index (χ0) is 13.2. The lowest BCUT2D eigenvalue weighted by atomic mass is 9.71. The Kier molecular flexibility index (Phi) is 4.40. The van der Waals surface area contributed by atoms with Crippen LogP contribution in [-0.2, 0) is 0 Å². The first-order chi connectivity index (χ1) is 7.95. The largest absolute Gasteiger partial charge is 0.322 e. The summed E-state index contributed by atoms with van der Waals surface area (Å²) in [5.74, 6) is 0. The van der Waals surface area contributed by atoms with E-state index in [4.69, 9.17) is 17.3 Å². The fraction of sp³-hybridized carbons (Fsp3) is 0.467. The minimum Gasteiger partial charge on any atom is -0.322 e. The van der Waals surface area contributed by atoms with Gasteiger partial charge in [-0.1, -0.05) is 24.3 Å². The second-order valence-corrected chi connectivity index (χ2v) is 5.19. The predicted molar refractivity (Wildman–Crippen MR) is 77.3 cm³/mol. The third-order valence-electron chi connectivity index (χ3n) is 3.51. The summed E-state index contributed by atoms with van der Waals surface area (Å²) in [6.07, 6.45) is 8.36. The van der Waals surface area contributed by atoms with Crippen molar-refractivity contribution < 1.29 is 0 Å². The van der Waals surface area contributed by atoms with Gasteiger partial charge in [0.1, 0.15) is 0 Å². The van der Waals surface area contributed by atoms with Crippen LogP contribution in [0.5, 0.6) is 0 Å². The number of rotatable bonds is 0. The fourth-order valence-electron chi connectivity index (χ4n) is 2.60. The van der Waals surface area contributed by atoms with Crippen molar-refractivity contribution in [3.63, 3.8) is 0 Å². The molecule has 1 nitrogen and oxygen atoms in total. The highest BCUT2D eigenvalue weighted by Gasteiger charge is 2.42. The van der Waals surface area contributed by atoms with E-state index in [0.29, 0.717) is 0 Å². The third-order valence-corrected chi connectivity index (χ3v) is 3.95. The first-order valence-corrected chi connectivity index (χ1v) is 6.44. The van der Waals surface area contributed by atoms with Crippen LogP contribution >= 0.6 is 11.6 Å². The SMILES string of the molecule is CC=C1C(=CC)C(=CC)C(C)(Cl)C(N)C1=CC. The van der Waals surface area contributed by atoms with E-state index < -0.39 is 4.87 Å². The Labute approximate surface area is 110 Å². The lowest BCUT2D eigenvalue weighted by molar-refractivity contribution is 0.600. The van der Waals surface area contributed by atoms with E-state index in [1.165, 1.54) is 11.1 Å². The summed E-state index contributed by atoms with van der Waals surface area (Å²) < 4.78 is 0. The number of nitrogens with two attached hydrogens (primary N) is 1. The Morgan fingerprint density at radius 1 is 1.00 bits per heavy atom. The van der Waals surface area contributed by atoms with E-state index in [1.807, 2.05) is 34.6 Å². The van der Waals surface area contributed by atoms with Crippen LogP contribution in [-0.4, -0.2) is 10.9 Å². The van der Waals surface area contributed by atoms with Crippen LogP contribution in [0.2, 0.25) is 0 Å². The average Bonchev–Trinajstić information content (AvgIpc) is 2.31. The molecule has 1 saturated carbocycles. The van der Waals surface area contributed by atoms with Gasteiger partial charge in [-0.3, -0.25) is 0 Å². The smallest absolute Gasteiger partial charge is 0.0861 e. The van der Waals surface area contributed by atoms with Crippen molar-refractivity contribution in [1.82, 2.24) is 0 Å². The van der Waals surface area contributed by atoms with Crippen LogP contribution in [0.25, 0.3) is 0 Å². The standard InChI is InChI=1S/C15H22ClN/c1-6-10-11(7-2)13(9-4)15(5,16)14(17)12(10)8-3/h6-9,14H,17H2,1-5H3. The van der Waals surface area contributed by atoms with Gasteiger partial charge in [0, 0.05) is 0 Å². The summed E-state index contributed by atoms with van der Waals surface area (Å²) in [4.78, 5) is -0.537. The molecule has 94 valence electrons. The van der Waals surface area contributed by atoms with Crippen molar-refractivity contribution in [2.75, 3.05) is 0 Å². The maximum atomic E-state index is 6.66. The Balaban J connectivity index is 3.53. The number of hydrogen-bond acceptors (Lipinski definition) is 1. The van der Waals surface area contributed by atoms with Gasteiger partial charge in [0.05, 0.1) is 10.9 Å². The monoisotopic (exact) mass is 251 g/mol. The van der Waals surface area contributed by atoms with Gasteiger partial charge in [-0.2, -0.15) is 0 Å². The van der Waals surface area contributed by atoms with Crippen LogP contribution in [0.15, 0.2) is 46.6 Å². The van der Waals surface area contributed by atoms with Crippen LogP contribution in [0.3, 0.4) is 0 Å². The molecule has 1 fully saturated rings. The maximum Gasteiger partial charge on any atom is 0.0861 e. The minimum absolute atomic E-state index is 0.171. The Bertz CT molecular complexity index is 422. The highest BCUT2D eigenvalue weighted by molar-refractivity contribution is 6.27. The second kappa shape index (κ2) is 5.24. The van der Waals surface area contributed by atoms with E-state index in [0.717, 1.165) is 11.1 Å². The summed E-state index contributed by atoms with van der Waals surface area (Å²) >= 11 is 6.66. The lowest BCUT2D eigenvalue weighted by Gasteiger charge is -2.41. The van der Waals surface area contributed by atoms with E-state index >= 15 is 0 Å². The molecule has 0 radical (unpaired) electrons. The van der Waals surface area contributed by atoms with E-state index in [1.54, 1.807) is 0 Å². The molecule has 17 heavy (non-hydrogen) atoms. The number of halogens is 1. The summed E-state index contributed by atoms with van der Waals surface area (Å²) in [6, 6.07) is -0.171. The van der Waals surface area contributed by atoms with Gasteiger partial charge in [0.25, 0.3) is 0 Å². The highest BCUT2D eigenvalue weighted by atomic mass is 35.5. The fourth-order valence-corrected chi connectivity index (χ4v) is 2.93. The normalized spacial score (nSPS) is 39.6. The summed E-state index contributed by atoms with van der Waals surface area (Å²) in [7, 11) is 0. The Morgan fingerprint density at radius 2 is 1.53 bits per heavy atom. The molecule has 0 aromatic rings. The van der Waals surface area contributed by atoms with E-state index in [2.05, 4.69) is 24.3 Å².